The largest absolute Gasteiger partial charge is 0.493 e. The van der Waals surface area contributed by atoms with Crippen LogP contribution in [0.4, 0.5) is 0 Å². The van der Waals surface area contributed by atoms with E-state index in [9.17, 15) is 0 Å². The van der Waals surface area contributed by atoms with Crippen LogP contribution in [0.25, 0.3) is 0 Å². The molecule has 1 aromatic carbocycles. The quantitative estimate of drug-likeness (QED) is 0.866. The zero-order valence-electron chi connectivity index (χ0n) is 12.3. The van der Waals surface area contributed by atoms with Crippen LogP contribution >= 0.6 is 0 Å². The lowest BCUT2D eigenvalue weighted by Crippen LogP contribution is -2.38. The van der Waals surface area contributed by atoms with Gasteiger partial charge in [-0.3, -0.25) is 0 Å². The van der Waals surface area contributed by atoms with E-state index < -0.39 is 0 Å². The second-order valence-corrected chi connectivity index (χ2v) is 6.28. The summed E-state index contributed by atoms with van der Waals surface area (Å²) in [7, 11) is 0. The van der Waals surface area contributed by atoms with Gasteiger partial charge in [0.2, 0.25) is 0 Å². The van der Waals surface area contributed by atoms with E-state index in [4.69, 9.17) is 10.5 Å². The van der Waals surface area contributed by atoms with Gasteiger partial charge in [-0.2, -0.15) is 0 Å². The Kier molecular flexibility index (Phi) is 4.87. The third kappa shape index (κ3) is 3.73. The fourth-order valence-electron chi connectivity index (χ4n) is 2.91. The van der Waals surface area contributed by atoms with E-state index in [2.05, 4.69) is 38.1 Å². The van der Waals surface area contributed by atoms with Gasteiger partial charge in [0.1, 0.15) is 5.75 Å². The third-order valence-corrected chi connectivity index (χ3v) is 4.42. The van der Waals surface area contributed by atoms with E-state index in [1.54, 1.807) is 0 Å². The molecule has 2 nitrogen and oxygen atoms in total. The zero-order chi connectivity index (χ0) is 13.7. The first-order valence-corrected chi connectivity index (χ1v) is 7.58. The van der Waals surface area contributed by atoms with Crippen molar-refractivity contribution in [3.05, 3.63) is 29.8 Å². The average Bonchev–Trinajstić information content (AvgIpc) is 2.46. The molecule has 0 saturated heterocycles. The standard InChI is InChI=1S/C17H27NO/c1-14(2)15-7-6-8-16(11-15)19-13-17(12-18)9-4-3-5-10-17/h6-8,11,14H,3-5,9-10,12-13,18H2,1-2H3. The highest BCUT2D eigenvalue weighted by Gasteiger charge is 2.31. The van der Waals surface area contributed by atoms with Crippen LogP contribution in [0.5, 0.6) is 5.75 Å². The maximum Gasteiger partial charge on any atom is 0.119 e. The molecule has 1 aliphatic rings. The molecule has 0 heterocycles. The molecule has 0 radical (unpaired) electrons. The molecule has 0 atom stereocenters. The maximum atomic E-state index is 6.05. The normalized spacial score (nSPS) is 18.5. The summed E-state index contributed by atoms with van der Waals surface area (Å²) < 4.78 is 6.05. The Morgan fingerprint density at radius 3 is 2.58 bits per heavy atom. The summed E-state index contributed by atoms with van der Waals surface area (Å²) in [5.41, 5.74) is 7.55. The molecular formula is C17H27NO. The van der Waals surface area contributed by atoms with Gasteiger partial charge in [0.15, 0.2) is 0 Å². The van der Waals surface area contributed by atoms with Gasteiger partial charge in [-0.1, -0.05) is 45.2 Å². The molecule has 2 N–H and O–H groups in total. The highest BCUT2D eigenvalue weighted by molar-refractivity contribution is 5.30. The van der Waals surface area contributed by atoms with E-state index in [1.807, 2.05) is 0 Å². The third-order valence-electron chi connectivity index (χ3n) is 4.42. The fourth-order valence-corrected chi connectivity index (χ4v) is 2.91. The molecule has 2 rings (SSSR count). The molecular weight excluding hydrogens is 234 g/mol. The molecule has 1 aliphatic carbocycles. The number of ether oxygens (including phenoxy) is 1. The molecule has 106 valence electrons. The highest BCUT2D eigenvalue weighted by Crippen LogP contribution is 2.36. The van der Waals surface area contributed by atoms with Crippen LogP contribution in [0.3, 0.4) is 0 Å². The van der Waals surface area contributed by atoms with Crippen molar-refractivity contribution in [1.29, 1.82) is 0 Å². The topological polar surface area (TPSA) is 35.2 Å². The summed E-state index contributed by atoms with van der Waals surface area (Å²) in [5.74, 6) is 1.53. The SMILES string of the molecule is CC(C)c1cccc(OCC2(CN)CCCCC2)c1. The number of hydrogen-bond donors (Lipinski definition) is 1. The number of rotatable bonds is 5. The zero-order valence-corrected chi connectivity index (χ0v) is 12.3. The summed E-state index contributed by atoms with van der Waals surface area (Å²) in [6.07, 6.45) is 6.38. The first-order valence-electron chi connectivity index (χ1n) is 7.58. The van der Waals surface area contributed by atoms with Gasteiger partial charge in [0, 0.05) is 12.0 Å². The summed E-state index contributed by atoms with van der Waals surface area (Å²) >= 11 is 0. The predicted molar refractivity (Wildman–Crippen MR) is 80.6 cm³/mol. The van der Waals surface area contributed by atoms with E-state index in [0.717, 1.165) is 18.9 Å². The van der Waals surface area contributed by atoms with Crippen LogP contribution in [-0.2, 0) is 0 Å². The van der Waals surface area contributed by atoms with Crippen molar-refractivity contribution >= 4 is 0 Å². The molecule has 1 saturated carbocycles. The molecule has 0 aromatic heterocycles. The van der Waals surface area contributed by atoms with Gasteiger partial charge >= 0.3 is 0 Å². The predicted octanol–water partition coefficient (Wildman–Crippen LogP) is 4.10. The lowest BCUT2D eigenvalue weighted by Gasteiger charge is -2.35. The van der Waals surface area contributed by atoms with E-state index in [-0.39, 0.29) is 5.41 Å². The summed E-state index contributed by atoms with van der Waals surface area (Å²) in [6, 6.07) is 8.47. The first kappa shape index (κ1) is 14.4. The van der Waals surface area contributed by atoms with Crippen LogP contribution < -0.4 is 10.5 Å². The monoisotopic (exact) mass is 261 g/mol. The van der Waals surface area contributed by atoms with Crippen molar-refractivity contribution in [2.45, 2.75) is 51.9 Å². The van der Waals surface area contributed by atoms with Gasteiger partial charge in [0.05, 0.1) is 6.61 Å². The molecule has 1 aromatic rings. The lowest BCUT2D eigenvalue weighted by atomic mass is 9.75. The van der Waals surface area contributed by atoms with Crippen molar-refractivity contribution in [1.82, 2.24) is 0 Å². The minimum absolute atomic E-state index is 0.214. The van der Waals surface area contributed by atoms with Crippen LogP contribution in [0.15, 0.2) is 24.3 Å². The Bertz CT molecular complexity index is 394. The molecule has 0 amide bonds. The van der Waals surface area contributed by atoms with Crippen molar-refractivity contribution in [2.75, 3.05) is 13.2 Å². The summed E-state index contributed by atoms with van der Waals surface area (Å²) in [4.78, 5) is 0. The lowest BCUT2D eigenvalue weighted by molar-refractivity contribution is 0.105. The average molecular weight is 261 g/mol. The summed E-state index contributed by atoms with van der Waals surface area (Å²) in [5, 5.41) is 0. The Morgan fingerprint density at radius 1 is 1.21 bits per heavy atom. The van der Waals surface area contributed by atoms with Crippen LogP contribution in [-0.4, -0.2) is 13.2 Å². The molecule has 0 aliphatic heterocycles. The number of nitrogens with two attached hydrogens (primary N) is 1. The summed E-state index contributed by atoms with van der Waals surface area (Å²) in [6.45, 7) is 5.94. The molecule has 0 bridgehead atoms. The molecule has 19 heavy (non-hydrogen) atoms. The Balaban J connectivity index is 1.99. The van der Waals surface area contributed by atoms with Crippen molar-refractivity contribution in [3.63, 3.8) is 0 Å². The van der Waals surface area contributed by atoms with Crippen LogP contribution in [0.2, 0.25) is 0 Å². The van der Waals surface area contributed by atoms with Crippen LogP contribution in [0, 0.1) is 5.41 Å². The molecule has 0 spiro atoms. The first-order chi connectivity index (χ1) is 9.15. The van der Waals surface area contributed by atoms with Crippen molar-refractivity contribution < 1.29 is 4.74 Å². The van der Waals surface area contributed by atoms with E-state index in [0.29, 0.717) is 5.92 Å². The smallest absolute Gasteiger partial charge is 0.119 e. The Labute approximate surface area is 117 Å². The molecule has 2 heteroatoms. The van der Waals surface area contributed by atoms with Gasteiger partial charge in [-0.25, -0.2) is 0 Å². The van der Waals surface area contributed by atoms with Gasteiger partial charge in [-0.05, 0) is 36.5 Å². The number of benzene rings is 1. The van der Waals surface area contributed by atoms with Crippen molar-refractivity contribution in [3.8, 4) is 5.75 Å². The van der Waals surface area contributed by atoms with Gasteiger partial charge in [-0.15, -0.1) is 0 Å². The molecule has 1 fully saturated rings. The van der Waals surface area contributed by atoms with Gasteiger partial charge in [0.25, 0.3) is 0 Å². The van der Waals surface area contributed by atoms with Gasteiger partial charge < -0.3 is 10.5 Å². The second kappa shape index (κ2) is 6.42. The maximum absolute atomic E-state index is 6.05. The highest BCUT2D eigenvalue weighted by atomic mass is 16.5. The Morgan fingerprint density at radius 2 is 1.95 bits per heavy atom. The Hall–Kier alpha value is -1.02. The van der Waals surface area contributed by atoms with Crippen LogP contribution in [0.1, 0.15) is 57.4 Å². The van der Waals surface area contributed by atoms with E-state index in [1.165, 1.54) is 37.7 Å². The fraction of sp³-hybridized carbons (Fsp3) is 0.647. The van der Waals surface area contributed by atoms with E-state index >= 15 is 0 Å². The number of hydrogen-bond acceptors (Lipinski definition) is 2. The minimum atomic E-state index is 0.214. The van der Waals surface area contributed by atoms with Crippen molar-refractivity contribution in [2.24, 2.45) is 11.1 Å². The molecule has 0 unspecified atom stereocenters. The second-order valence-electron chi connectivity index (χ2n) is 6.28. The minimum Gasteiger partial charge on any atom is -0.493 e.